The number of carbonyl (C=O) groups excluding carboxylic acids is 2. The van der Waals surface area contributed by atoms with Gasteiger partial charge in [0.05, 0.1) is 0 Å². The van der Waals surface area contributed by atoms with Crippen molar-refractivity contribution in [3.05, 3.63) is 59.2 Å². The number of aromatic hydroxyl groups is 1. The van der Waals surface area contributed by atoms with Crippen LogP contribution in [0.3, 0.4) is 0 Å². The van der Waals surface area contributed by atoms with E-state index in [1.807, 2.05) is 0 Å². The molecule has 2 aromatic heterocycles. The number of rotatable bonds is 11. The van der Waals surface area contributed by atoms with Crippen molar-refractivity contribution in [3.63, 3.8) is 0 Å². The maximum absolute atomic E-state index is 13.3. The van der Waals surface area contributed by atoms with Gasteiger partial charge in [-0.2, -0.15) is 0 Å². The number of anilines is 1. The zero-order valence-corrected chi connectivity index (χ0v) is 21.8. The molecule has 9 nitrogen and oxygen atoms in total. The molecule has 0 bridgehead atoms. The molecule has 3 N–H and O–H groups in total. The molecule has 0 unspecified atom stereocenters. The topological polar surface area (TPSA) is 117 Å². The Labute approximate surface area is 216 Å². The van der Waals surface area contributed by atoms with Gasteiger partial charge in [-0.15, -0.1) is 0 Å². The lowest BCUT2D eigenvalue weighted by atomic mass is 10.0. The van der Waals surface area contributed by atoms with Crippen LogP contribution in [0.1, 0.15) is 49.3 Å². The first-order chi connectivity index (χ1) is 17.6. The van der Waals surface area contributed by atoms with Crippen molar-refractivity contribution < 1.29 is 23.8 Å². The highest BCUT2D eigenvalue weighted by Crippen LogP contribution is 2.32. The van der Waals surface area contributed by atoms with Crippen LogP contribution in [0.4, 0.5) is 10.2 Å². The molecule has 0 atom stereocenters. The quantitative estimate of drug-likeness (QED) is 0.361. The van der Waals surface area contributed by atoms with Crippen LogP contribution >= 0.6 is 0 Å². The van der Waals surface area contributed by atoms with E-state index in [4.69, 9.17) is 4.74 Å². The molecule has 198 valence electrons. The largest absolute Gasteiger partial charge is 0.504 e. The molecule has 2 amide bonds. The number of hydrogen-bond acceptors (Lipinski definition) is 7. The third-order valence-electron chi connectivity index (χ3n) is 5.92. The third-order valence-corrected chi connectivity index (χ3v) is 5.92. The first-order valence-electron chi connectivity index (χ1n) is 12.2. The third kappa shape index (κ3) is 7.21. The summed E-state index contributed by atoms with van der Waals surface area (Å²) in [6, 6.07) is 8.43. The molecule has 10 heteroatoms. The molecule has 3 aromatic rings. The van der Waals surface area contributed by atoms with Gasteiger partial charge in [-0.25, -0.2) is 9.37 Å². The lowest BCUT2D eigenvalue weighted by Gasteiger charge is -2.30. The Kier molecular flexibility index (Phi) is 9.48. The van der Waals surface area contributed by atoms with E-state index in [2.05, 4.69) is 53.2 Å². The first kappa shape index (κ1) is 27.9. The molecule has 0 radical (unpaired) electrons. The molecule has 0 aliphatic rings. The van der Waals surface area contributed by atoms with E-state index < -0.39 is 11.8 Å². The number of amides is 2. The number of nitrogens with zero attached hydrogens (tertiary/aromatic N) is 3. The standard InChI is InChI=1S/C27H34FN5O4/c1-16(2)33(17(3)4)11-10-29-27(36)24-25(35)23-21(26(32-24)31-22(34)15-37-5)13-19(14-30-23)12-18-6-8-20(28)9-7-18/h6-9,13-14,16-17,35H,10-12,15H2,1-5H3,(H,29,36)(H,31,32,34). The lowest BCUT2D eigenvalue weighted by molar-refractivity contribution is -0.119. The van der Waals surface area contributed by atoms with E-state index in [1.165, 1.54) is 19.2 Å². The molecule has 2 heterocycles. The highest BCUT2D eigenvalue weighted by Gasteiger charge is 2.22. The van der Waals surface area contributed by atoms with E-state index >= 15 is 0 Å². The Morgan fingerprint density at radius 3 is 2.41 bits per heavy atom. The Hall–Kier alpha value is -3.63. The highest BCUT2D eigenvalue weighted by molar-refractivity contribution is 6.07. The van der Waals surface area contributed by atoms with Gasteiger partial charge >= 0.3 is 0 Å². The van der Waals surface area contributed by atoms with Gasteiger partial charge in [0.15, 0.2) is 11.4 Å². The molecule has 0 saturated heterocycles. The number of fused-ring (bicyclic) bond motifs is 1. The van der Waals surface area contributed by atoms with Crippen LogP contribution in [0, 0.1) is 5.82 Å². The van der Waals surface area contributed by atoms with Crippen molar-refractivity contribution in [1.82, 2.24) is 20.2 Å². The van der Waals surface area contributed by atoms with E-state index in [-0.39, 0.29) is 35.2 Å². The van der Waals surface area contributed by atoms with Crippen LogP contribution in [-0.2, 0) is 16.0 Å². The Balaban J connectivity index is 1.93. The number of nitrogens with one attached hydrogen (secondary N) is 2. The first-order valence-corrected chi connectivity index (χ1v) is 12.2. The van der Waals surface area contributed by atoms with E-state index in [0.29, 0.717) is 37.0 Å². The Morgan fingerprint density at radius 1 is 1.11 bits per heavy atom. The van der Waals surface area contributed by atoms with Gasteiger partial charge in [-0.05, 0) is 63.4 Å². The number of carbonyl (C=O) groups is 2. The van der Waals surface area contributed by atoms with Crippen molar-refractivity contribution in [3.8, 4) is 5.75 Å². The number of hydrogen-bond donors (Lipinski definition) is 3. The van der Waals surface area contributed by atoms with Crippen molar-refractivity contribution in [1.29, 1.82) is 0 Å². The summed E-state index contributed by atoms with van der Waals surface area (Å²) in [6.07, 6.45) is 2.01. The molecule has 3 rings (SSSR count). The van der Waals surface area contributed by atoms with E-state index in [1.54, 1.807) is 24.4 Å². The number of pyridine rings is 2. The fourth-order valence-electron chi connectivity index (χ4n) is 4.20. The summed E-state index contributed by atoms with van der Waals surface area (Å²) in [6.45, 7) is 9.11. The predicted octanol–water partition coefficient (Wildman–Crippen LogP) is 3.50. The number of ether oxygens (including phenoxy) is 1. The molecule has 0 saturated carbocycles. The zero-order chi connectivity index (χ0) is 27.1. The summed E-state index contributed by atoms with van der Waals surface area (Å²) < 4.78 is 18.2. The zero-order valence-electron chi connectivity index (χ0n) is 21.8. The SMILES string of the molecule is COCC(=O)Nc1nc(C(=O)NCCN(C(C)C)C(C)C)c(O)c2ncc(Cc3ccc(F)cc3)cc12. The van der Waals surface area contributed by atoms with Crippen molar-refractivity contribution >= 4 is 28.5 Å². The molecular weight excluding hydrogens is 477 g/mol. The fourth-order valence-corrected chi connectivity index (χ4v) is 4.20. The second kappa shape index (κ2) is 12.6. The van der Waals surface area contributed by atoms with E-state index in [9.17, 15) is 19.1 Å². The van der Waals surface area contributed by atoms with Gasteiger partial charge in [0.1, 0.15) is 23.8 Å². The summed E-state index contributed by atoms with van der Waals surface area (Å²) in [5.41, 5.74) is 1.50. The highest BCUT2D eigenvalue weighted by atomic mass is 19.1. The molecule has 0 spiro atoms. The minimum atomic E-state index is -0.578. The maximum atomic E-state index is 13.3. The van der Waals surface area contributed by atoms with Crippen molar-refractivity contribution in [2.75, 3.05) is 32.1 Å². The molecule has 37 heavy (non-hydrogen) atoms. The molecule has 0 fully saturated rings. The van der Waals surface area contributed by atoms with E-state index in [0.717, 1.165) is 11.1 Å². The lowest BCUT2D eigenvalue weighted by Crippen LogP contribution is -2.42. The summed E-state index contributed by atoms with van der Waals surface area (Å²) in [4.78, 5) is 36.2. The molecular formula is C27H34FN5O4. The summed E-state index contributed by atoms with van der Waals surface area (Å²) >= 11 is 0. The van der Waals surface area contributed by atoms with Crippen LogP contribution in [0.25, 0.3) is 10.9 Å². The number of benzene rings is 1. The Bertz CT molecular complexity index is 1240. The van der Waals surface area contributed by atoms with Crippen molar-refractivity contribution in [2.45, 2.75) is 46.2 Å². The van der Waals surface area contributed by atoms with Gasteiger partial charge in [-0.3, -0.25) is 19.5 Å². The van der Waals surface area contributed by atoms with Gasteiger partial charge in [0, 0.05) is 43.9 Å². The fraction of sp³-hybridized carbons (Fsp3) is 0.407. The van der Waals surface area contributed by atoms with Crippen LogP contribution in [-0.4, -0.2) is 70.7 Å². The van der Waals surface area contributed by atoms with Gasteiger partial charge < -0.3 is 20.5 Å². The molecule has 0 aliphatic carbocycles. The predicted molar refractivity (Wildman–Crippen MR) is 140 cm³/mol. The van der Waals surface area contributed by atoms with Crippen LogP contribution in [0.15, 0.2) is 36.5 Å². The number of aromatic nitrogens is 2. The minimum Gasteiger partial charge on any atom is -0.504 e. The minimum absolute atomic E-state index is 0.0828. The number of halogens is 1. The summed E-state index contributed by atoms with van der Waals surface area (Å²) in [7, 11) is 1.39. The maximum Gasteiger partial charge on any atom is 0.273 e. The average Bonchev–Trinajstić information content (AvgIpc) is 2.84. The second-order valence-electron chi connectivity index (χ2n) is 9.36. The Morgan fingerprint density at radius 2 is 1.78 bits per heavy atom. The van der Waals surface area contributed by atoms with Crippen molar-refractivity contribution in [2.24, 2.45) is 0 Å². The monoisotopic (exact) mass is 511 g/mol. The summed E-state index contributed by atoms with van der Waals surface area (Å²) in [5, 5.41) is 16.7. The molecule has 1 aromatic carbocycles. The smallest absolute Gasteiger partial charge is 0.273 e. The normalized spacial score (nSPS) is 11.5. The summed E-state index contributed by atoms with van der Waals surface area (Å²) in [5.74, 6) is -1.67. The number of methoxy groups -OCH3 is 1. The molecule has 0 aliphatic heterocycles. The van der Waals surface area contributed by atoms with Crippen LogP contribution < -0.4 is 10.6 Å². The second-order valence-corrected chi connectivity index (χ2v) is 9.36. The van der Waals surface area contributed by atoms with Gasteiger partial charge in [0.2, 0.25) is 0 Å². The van der Waals surface area contributed by atoms with Crippen LogP contribution in [0.5, 0.6) is 5.75 Å². The average molecular weight is 512 g/mol. The van der Waals surface area contributed by atoms with Crippen LogP contribution in [0.2, 0.25) is 0 Å². The van der Waals surface area contributed by atoms with Gasteiger partial charge in [0.25, 0.3) is 11.8 Å². The van der Waals surface area contributed by atoms with Gasteiger partial charge in [-0.1, -0.05) is 12.1 Å².